The molecule has 2 aromatic rings. The third kappa shape index (κ3) is 1.69. The molecule has 2 aliphatic rings. The monoisotopic (exact) mass is 257 g/mol. The van der Waals surface area contributed by atoms with Crippen molar-refractivity contribution < 1.29 is 9.47 Å². The van der Waals surface area contributed by atoms with Gasteiger partial charge in [-0.3, -0.25) is 4.68 Å². The van der Waals surface area contributed by atoms with Crippen LogP contribution < -0.4 is 14.8 Å². The molecule has 1 atom stereocenters. The normalized spacial score (nSPS) is 20.4. The third-order valence-electron chi connectivity index (χ3n) is 3.72. The van der Waals surface area contributed by atoms with E-state index in [0.29, 0.717) is 6.79 Å². The van der Waals surface area contributed by atoms with Gasteiger partial charge in [0.15, 0.2) is 11.5 Å². The molecular formula is C14H15N3O2. The zero-order valence-corrected chi connectivity index (χ0v) is 10.7. The van der Waals surface area contributed by atoms with Crippen LogP contribution in [0.1, 0.15) is 22.9 Å². The van der Waals surface area contributed by atoms with Crippen molar-refractivity contribution in [2.45, 2.75) is 12.5 Å². The van der Waals surface area contributed by atoms with Crippen LogP contribution in [0.25, 0.3) is 0 Å². The van der Waals surface area contributed by atoms with Gasteiger partial charge in [0.1, 0.15) is 0 Å². The van der Waals surface area contributed by atoms with Gasteiger partial charge in [-0.15, -0.1) is 0 Å². The van der Waals surface area contributed by atoms with Crippen molar-refractivity contribution in [3.63, 3.8) is 0 Å². The van der Waals surface area contributed by atoms with Gasteiger partial charge in [-0.1, -0.05) is 0 Å². The number of rotatable bonds is 1. The van der Waals surface area contributed by atoms with Crippen molar-refractivity contribution in [2.24, 2.45) is 7.05 Å². The summed E-state index contributed by atoms with van der Waals surface area (Å²) in [4.78, 5) is 0. The van der Waals surface area contributed by atoms with E-state index in [1.54, 1.807) is 0 Å². The maximum Gasteiger partial charge on any atom is 0.231 e. The standard InChI is InChI=1S/C14H15N3O2/c1-17-5-3-11(16-17)14-10-7-13-12(18-8-19-13)6-9(10)2-4-15-14/h3,5-7,14-15H,2,4,8H2,1H3. The fourth-order valence-corrected chi connectivity index (χ4v) is 2.80. The van der Waals surface area contributed by atoms with Crippen molar-refractivity contribution in [1.82, 2.24) is 15.1 Å². The molecule has 0 fully saturated rings. The molecule has 0 bridgehead atoms. The summed E-state index contributed by atoms with van der Waals surface area (Å²) in [7, 11) is 1.94. The molecule has 0 saturated heterocycles. The molecule has 0 saturated carbocycles. The molecule has 0 spiro atoms. The number of aromatic nitrogens is 2. The van der Waals surface area contributed by atoms with Crippen molar-refractivity contribution in [3.05, 3.63) is 41.2 Å². The van der Waals surface area contributed by atoms with E-state index in [-0.39, 0.29) is 6.04 Å². The van der Waals surface area contributed by atoms with Crippen LogP contribution in [0, 0.1) is 0 Å². The maximum absolute atomic E-state index is 5.48. The van der Waals surface area contributed by atoms with Crippen LogP contribution in [0.5, 0.6) is 11.5 Å². The molecule has 5 heteroatoms. The third-order valence-corrected chi connectivity index (χ3v) is 3.72. The average molecular weight is 257 g/mol. The summed E-state index contributed by atoms with van der Waals surface area (Å²) >= 11 is 0. The molecule has 3 heterocycles. The Kier molecular flexibility index (Phi) is 2.29. The number of hydrogen-bond donors (Lipinski definition) is 1. The Morgan fingerprint density at radius 3 is 2.95 bits per heavy atom. The van der Waals surface area contributed by atoms with E-state index < -0.39 is 0 Å². The second-order valence-corrected chi connectivity index (χ2v) is 4.96. The number of hydrogen-bond acceptors (Lipinski definition) is 4. The topological polar surface area (TPSA) is 48.3 Å². The highest BCUT2D eigenvalue weighted by atomic mass is 16.7. The van der Waals surface area contributed by atoms with Crippen LogP contribution in [-0.2, 0) is 13.5 Å². The summed E-state index contributed by atoms with van der Waals surface area (Å²) in [5.41, 5.74) is 3.61. The summed E-state index contributed by atoms with van der Waals surface area (Å²) in [5.74, 6) is 1.70. The summed E-state index contributed by atoms with van der Waals surface area (Å²) in [6.07, 6.45) is 2.98. The Hall–Kier alpha value is -2.01. The van der Waals surface area contributed by atoms with Crippen LogP contribution in [0.4, 0.5) is 0 Å². The summed E-state index contributed by atoms with van der Waals surface area (Å²) < 4.78 is 12.8. The van der Waals surface area contributed by atoms with Crippen molar-refractivity contribution in [2.75, 3.05) is 13.3 Å². The van der Waals surface area contributed by atoms with Crippen molar-refractivity contribution in [3.8, 4) is 11.5 Å². The van der Waals surface area contributed by atoms with Gasteiger partial charge >= 0.3 is 0 Å². The molecule has 5 nitrogen and oxygen atoms in total. The summed E-state index contributed by atoms with van der Waals surface area (Å²) in [5, 5.41) is 8.03. The van der Waals surface area contributed by atoms with E-state index in [1.807, 2.05) is 17.9 Å². The van der Waals surface area contributed by atoms with Gasteiger partial charge in [0, 0.05) is 19.8 Å². The molecule has 2 aliphatic heterocycles. The highest BCUT2D eigenvalue weighted by Gasteiger charge is 2.27. The second-order valence-electron chi connectivity index (χ2n) is 4.96. The number of nitrogens with one attached hydrogen (secondary N) is 1. The minimum absolute atomic E-state index is 0.138. The van der Waals surface area contributed by atoms with Gasteiger partial charge in [-0.05, 0) is 35.7 Å². The zero-order valence-electron chi connectivity index (χ0n) is 10.7. The number of nitrogens with zero attached hydrogens (tertiary/aromatic N) is 2. The van der Waals surface area contributed by atoms with Gasteiger partial charge in [-0.25, -0.2) is 0 Å². The first kappa shape index (κ1) is 10.9. The van der Waals surface area contributed by atoms with E-state index in [4.69, 9.17) is 9.47 Å². The lowest BCUT2D eigenvalue weighted by Crippen LogP contribution is -2.30. The first-order valence-corrected chi connectivity index (χ1v) is 6.46. The lowest BCUT2D eigenvalue weighted by atomic mass is 9.92. The second kappa shape index (κ2) is 3.99. The largest absolute Gasteiger partial charge is 0.454 e. The fourth-order valence-electron chi connectivity index (χ4n) is 2.80. The van der Waals surface area contributed by atoms with Crippen LogP contribution in [0.3, 0.4) is 0 Å². The first-order valence-electron chi connectivity index (χ1n) is 6.46. The Balaban J connectivity index is 1.82. The highest BCUT2D eigenvalue weighted by Crippen LogP contribution is 2.39. The lowest BCUT2D eigenvalue weighted by molar-refractivity contribution is 0.174. The Labute approximate surface area is 111 Å². The van der Waals surface area contributed by atoms with E-state index in [9.17, 15) is 0 Å². The minimum atomic E-state index is 0.138. The number of fused-ring (bicyclic) bond motifs is 2. The number of benzene rings is 1. The minimum Gasteiger partial charge on any atom is -0.454 e. The van der Waals surface area contributed by atoms with Crippen LogP contribution in [0.15, 0.2) is 24.4 Å². The molecule has 1 unspecified atom stereocenters. The quantitative estimate of drug-likeness (QED) is 0.838. The zero-order chi connectivity index (χ0) is 12.8. The molecule has 1 aromatic heterocycles. The molecule has 0 radical (unpaired) electrons. The predicted octanol–water partition coefficient (Wildman–Crippen LogP) is 1.38. The van der Waals surface area contributed by atoms with E-state index in [2.05, 4.69) is 28.6 Å². The molecule has 1 aromatic carbocycles. The maximum atomic E-state index is 5.48. The van der Waals surface area contributed by atoms with E-state index >= 15 is 0 Å². The summed E-state index contributed by atoms with van der Waals surface area (Å²) in [6.45, 7) is 1.27. The molecule has 19 heavy (non-hydrogen) atoms. The van der Waals surface area contributed by atoms with Crippen LogP contribution in [0.2, 0.25) is 0 Å². The van der Waals surface area contributed by atoms with Gasteiger partial charge in [-0.2, -0.15) is 5.10 Å². The SMILES string of the molecule is Cn1ccc(C2NCCc3cc4c(cc32)OCO4)n1. The molecule has 0 amide bonds. The molecular weight excluding hydrogens is 242 g/mol. The summed E-state index contributed by atoms with van der Waals surface area (Å²) in [6, 6.07) is 6.38. The Bertz CT molecular complexity index is 636. The van der Waals surface area contributed by atoms with Gasteiger partial charge in [0.2, 0.25) is 6.79 Å². The van der Waals surface area contributed by atoms with Crippen LogP contribution in [-0.4, -0.2) is 23.1 Å². The Morgan fingerprint density at radius 2 is 2.16 bits per heavy atom. The molecule has 1 N–H and O–H groups in total. The Morgan fingerprint density at radius 1 is 1.32 bits per heavy atom. The van der Waals surface area contributed by atoms with Gasteiger partial charge in [0.05, 0.1) is 11.7 Å². The molecule has 98 valence electrons. The van der Waals surface area contributed by atoms with Gasteiger partial charge < -0.3 is 14.8 Å². The highest BCUT2D eigenvalue weighted by molar-refractivity contribution is 5.51. The fraction of sp³-hybridized carbons (Fsp3) is 0.357. The molecule has 0 aliphatic carbocycles. The predicted molar refractivity (Wildman–Crippen MR) is 69.3 cm³/mol. The van der Waals surface area contributed by atoms with E-state index in [0.717, 1.165) is 30.2 Å². The first-order chi connectivity index (χ1) is 9.31. The smallest absolute Gasteiger partial charge is 0.231 e. The number of aryl methyl sites for hydroxylation is 1. The number of ether oxygens (including phenoxy) is 2. The van der Waals surface area contributed by atoms with Gasteiger partial charge in [0.25, 0.3) is 0 Å². The lowest BCUT2D eigenvalue weighted by Gasteiger charge is -2.26. The average Bonchev–Trinajstić information content (AvgIpc) is 3.03. The van der Waals surface area contributed by atoms with Crippen molar-refractivity contribution >= 4 is 0 Å². The van der Waals surface area contributed by atoms with Crippen LogP contribution >= 0.6 is 0 Å². The van der Waals surface area contributed by atoms with Crippen molar-refractivity contribution in [1.29, 1.82) is 0 Å². The van der Waals surface area contributed by atoms with E-state index in [1.165, 1.54) is 11.1 Å². The molecule has 4 rings (SSSR count).